The van der Waals surface area contributed by atoms with Crippen molar-refractivity contribution in [1.82, 2.24) is 15.5 Å². The number of nitrogens with one attached hydrogen (secondary N) is 2. The fraction of sp³-hybridized carbons (Fsp3) is 0.529. The second-order valence-electron chi connectivity index (χ2n) is 6.17. The number of amides is 3. The monoisotopic (exact) mass is 354 g/mol. The summed E-state index contributed by atoms with van der Waals surface area (Å²) in [6, 6.07) is 6.74. The van der Waals surface area contributed by atoms with Gasteiger partial charge in [0.15, 0.2) is 0 Å². The van der Waals surface area contributed by atoms with Crippen molar-refractivity contribution in [1.29, 1.82) is 0 Å². The molecule has 2 atom stereocenters. The molecule has 4 N–H and O–H groups in total. The molecule has 24 heavy (non-hydrogen) atoms. The molecule has 0 bridgehead atoms. The summed E-state index contributed by atoms with van der Waals surface area (Å²) in [4.78, 5) is 25.8. The second kappa shape index (κ2) is 9.49. The summed E-state index contributed by atoms with van der Waals surface area (Å²) in [5.41, 5.74) is 7.26. The average molecular weight is 355 g/mol. The molecule has 0 saturated carbocycles. The van der Waals surface area contributed by atoms with Crippen molar-refractivity contribution in [2.24, 2.45) is 11.7 Å². The van der Waals surface area contributed by atoms with E-state index in [1.165, 1.54) is 0 Å². The normalized spacial score (nSPS) is 17.9. The standard InChI is InChI=1S/C17H26N4O2.ClH/c1-12-5-3-4-6-14(12)15(20-17(18)23)9-16(22)21-8-7-13(11-21)10-19-2;/h3-6,13,15,19H,7-11H2,1-2H3,(H3,18,20,23);1H. The van der Waals surface area contributed by atoms with E-state index in [1.807, 2.05) is 43.1 Å². The molecule has 0 aliphatic carbocycles. The summed E-state index contributed by atoms with van der Waals surface area (Å²) in [7, 11) is 1.93. The van der Waals surface area contributed by atoms with Gasteiger partial charge in [0.25, 0.3) is 0 Å². The molecule has 0 spiro atoms. The first-order valence-corrected chi connectivity index (χ1v) is 8.05. The summed E-state index contributed by atoms with van der Waals surface area (Å²) >= 11 is 0. The fourth-order valence-electron chi connectivity index (χ4n) is 3.21. The Balaban J connectivity index is 0.00000288. The smallest absolute Gasteiger partial charge is 0.312 e. The van der Waals surface area contributed by atoms with Crippen molar-refractivity contribution in [2.45, 2.75) is 25.8 Å². The maximum Gasteiger partial charge on any atom is 0.312 e. The molecule has 1 heterocycles. The van der Waals surface area contributed by atoms with Crippen molar-refractivity contribution in [3.8, 4) is 0 Å². The summed E-state index contributed by atoms with van der Waals surface area (Å²) in [6.07, 6.45) is 1.25. The molecule has 1 saturated heterocycles. The quantitative estimate of drug-likeness (QED) is 0.724. The Morgan fingerprint density at radius 2 is 2.08 bits per heavy atom. The molecular weight excluding hydrogens is 328 g/mol. The zero-order valence-corrected chi connectivity index (χ0v) is 15.1. The van der Waals surface area contributed by atoms with E-state index in [0.717, 1.165) is 37.2 Å². The lowest BCUT2D eigenvalue weighted by Crippen LogP contribution is -2.38. The van der Waals surface area contributed by atoms with Gasteiger partial charge in [-0.1, -0.05) is 24.3 Å². The third kappa shape index (κ3) is 5.39. The van der Waals surface area contributed by atoms with E-state index in [1.54, 1.807) is 0 Å². The maximum atomic E-state index is 12.6. The van der Waals surface area contributed by atoms with Crippen LogP contribution in [-0.2, 0) is 4.79 Å². The number of primary amides is 1. The number of urea groups is 1. The van der Waals surface area contributed by atoms with E-state index in [9.17, 15) is 9.59 Å². The molecule has 1 fully saturated rings. The van der Waals surface area contributed by atoms with Crippen LogP contribution in [-0.4, -0.2) is 43.5 Å². The Morgan fingerprint density at radius 1 is 1.38 bits per heavy atom. The van der Waals surface area contributed by atoms with Crippen molar-refractivity contribution in [3.63, 3.8) is 0 Å². The summed E-state index contributed by atoms with van der Waals surface area (Å²) < 4.78 is 0. The molecule has 3 amide bonds. The molecule has 0 radical (unpaired) electrons. The minimum atomic E-state index is -0.611. The van der Waals surface area contributed by atoms with E-state index < -0.39 is 6.03 Å². The number of carbonyl (C=O) groups excluding carboxylic acids is 2. The van der Waals surface area contributed by atoms with Gasteiger partial charge in [0.05, 0.1) is 12.5 Å². The lowest BCUT2D eigenvalue weighted by atomic mass is 9.98. The van der Waals surface area contributed by atoms with Gasteiger partial charge in [-0.25, -0.2) is 4.79 Å². The zero-order chi connectivity index (χ0) is 16.8. The highest BCUT2D eigenvalue weighted by Crippen LogP contribution is 2.23. The minimum absolute atomic E-state index is 0. The first-order chi connectivity index (χ1) is 11.0. The average Bonchev–Trinajstić information content (AvgIpc) is 2.96. The van der Waals surface area contributed by atoms with Gasteiger partial charge < -0.3 is 21.3 Å². The van der Waals surface area contributed by atoms with Crippen LogP contribution in [0.2, 0.25) is 0 Å². The highest BCUT2D eigenvalue weighted by Gasteiger charge is 2.28. The van der Waals surface area contributed by atoms with Gasteiger partial charge >= 0.3 is 6.03 Å². The van der Waals surface area contributed by atoms with Crippen molar-refractivity contribution >= 4 is 24.3 Å². The van der Waals surface area contributed by atoms with Crippen LogP contribution < -0.4 is 16.4 Å². The molecule has 2 rings (SSSR count). The predicted octanol–water partition coefficient (Wildman–Crippen LogP) is 1.58. The number of aryl methyl sites for hydroxylation is 1. The molecule has 0 aromatic heterocycles. The Morgan fingerprint density at radius 3 is 2.71 bits per heavy atom. The van der Waals surface area contributed by atoms with Gasteiger partial charge in [-0.15, -0.1) is 12.4 Å². The highest BCUT2D eigenvalue weighted by atomic mass is 35.5. The van der Waals surface area contributed by atoms with Gasteiger partial charge in [-0.2, -0.15) is 0 Å². The fourth-order valence-corrected chi connectivity index (χ4v) is 3.21. The zero-order valence-electron chi connectivity index (χ0n) is 14.2. The number of likely N-dealkylation sites (tertiary alicyclic amines) is 1. The Bertz CT molecular complexity index is 567. The number of halogens is 1. The Hall–Kier alpha value is -1.79. The van der Waals surface area contributed by atoms with Gasteiger partial charge in [-0.05, 0) is 44.0 Å². The van der Waals surface area contributed by atoms with E-state index in [4.69, 9.17) is 5.73 Å². The third-order valence-electron chi connectivity index (χ3n) is 4.39. The van der Waals surface area contributed by atoms with E-state index in [0.29, 0.717) is 5.92 Å². The Kier molecular flexibility index (Phi) is 8.01. The van der Waals surface area contributed by atoms with Crippen LogP contribution >= 0.6 is 12.4 Å². The summed E-state index contributed by atoms with van der Waals surface area (Å²) in [5, 5.41) is 5.86. The number of hydrogen-bond donors (Lipinski definition) is 3. The molecule has 1 aromatic rings. The summed E-state index contributed by atoms with van der Waals surface area (Å²) in [5.74, 6) is 0.565. The van der Waals surface area contributed by atoms with Crippen LogP contribution in [0.25, 0.3) is 0 Å². The van der Waals surface area contributed by atoms with Crippen LogP contribution in [0.5, 0.6) is 0 Å². The SMILES string of the molecule is CNCC1CCN(C(=O)CC(NC(N)=O)c2ccccc2C)C1.Cl. The molecular formula is C17H27ClN4O2. The van der Waals surface area contributed by atoms with Crippen LogP contribution in [0.4, 0.5) is 4.79 Å². The molecule has 6 nitrogen and oxygen atoms in total. The van der Waals surface area contributed by atoms with Crippen molar-refractivity contribution in [3.05, 3.63) is 35.4 Å². The second-order valence-corrected chi connectivity index (χ2v) is 6.17. The number of carbonyl (C=O) groups is 2. The van der Waals surface area contributed by atoms with E-state index >= 15 is 0 Å². The van der Waals surface area contributed by atoms with Gasteiger partial charge in [0, 0.05) is 13.1 Å². The molecule has 2 unspecified atom stereocenters. The van der Waals surface area contributed by atoms with Crippen LogP contribution in [0.1, 0.15) is 30.0 Å². The number of benzene rings is 1. The van der Waals surface area contributed by atoms with Gasteiger partial charge in [-0.3, -0.25) is 4.79 Å². The van der Waals surface area contributed by atoms with E-state index in [2.05, 4.69) is 10.6 Å². The number of nitrogens with two attached hydrogens (primary N) is 1. The number of rotatable bonds is 6. The number of nitrogens with zero attached hydrogens (tertiary/aromatic N) is 1. The Labute approximate surface area is 149 Å². The minimum Gasteiger partial charge on any atom is -0.352 e. The van der Waals surface area contributed by atoms with E-state index in [-0.39, 0.29) is 30.8 Å². The first kappa shape index (κ1) is 20.3. The highest BCUT2D eigenvalue weighted by molar-refractivity contribution is 5.85. The number of hydrogen-bond acceptors (Lipinski definition) is 3. The van der Waals surface area contributed by atoms with Crippen molar-refractivity contribution in [2.75, 3.05) is 26.7 Å². The predicted molar refractivity (Wildman–Crippen MR) is 97.1 cm³/mol. The van der Waals surface area contributed by atoms with Crippen LogP contribution in [0.15, 0.2) is 24.3 Å². The van der Waals surface area contributed by atoms with Crippen LogP contribution in [0.3, 0.4) is 0 Å². The van der Waals surface area contributed by atoms with Gasteiger partial charge in [0.2, 0.25) is 5.91 Å². The topological polar surface area (TPSA) is 87.5 Å². The molecule has 7 heteroatoms. The molecule has 1 aromatic carbocycles. The van der Waals surface area contributed by atoms with Crippen LogP contribution in [0, 0.1) is 12.8 Å². The molecule has 134 valence electrons. The molecule has 1 aliphatic rings. The first-order valence-electron chi connectivity index (χ1n) is 8.05. The third-order valence-corrected chi connectivity index (χ3v) is 4.39. The lowest BCUT2D eigenvalue weighted by Gasteiger charge is -2.23. The lowest BCUT2D eigenvalue weighted by molar-refractivity contribution is -0.130. The molecule has 1 aliphatic heterocycles. The van der Waals surface area contributed by atoms with Gasteiger partial charge in [0.1, 0.15) is 0 Å². The summed E-state index contributed by atoms with van der Waals surface area (Å²) in [6.45, 7) is 4.44. The largest absolute Gasteiger partial charge is 0.352 e. The van der Waals surface area contributed by atoms with Crippen molar-refractivity contribution < 1.29 is 9.59 Å². The maximum absolute atomic E-state index is 12.6.